The van der Waals surface area contributed by atoms with Gasteiger partial charge in [0.15, 0.2) is 5.65 Å². The first-order valence-corrected chi connectivity index (χ1v) is 16.3. The van der Waals surface area contributed by atoms with Crippen LogP contribution in [0.5, 0.6) is 0 Å². The zero-order valence-corrected chi connectivity index (χ0v) is 23.1. The molecule has 7 nitrogen and oxygen atoms in total. The maximum Gasteiger partial charge on any atom is 0.163 e. The molecule has 192 valence electrons. The molecule has 2 saturated heterocycles. The quantitative estimate of drug-likeness (QED) is 0.424. The lowest BCUT2D eigenvalue weighted by atomic mass is 10.0. The van der Waals surface area contributed by atoms with Crippen molar-refractivity contribution in [2.45, 2.75) is 64.0 Å². The van der Waals surface area contributed by atoms with Crippen LogP contribution in [0.25, 0.3) is 22.3 Å². The van der Waals surface area contributed by atoms with Gasteiger partial charge in [-0.2, -0.15) is 0 Å². The van der Waals surface area contributed by atoms with Gasteiger partial charge in [-0.05, 0) is 63.9 Å². The molecule has 6 rings (SSSR count). The number of anilines is 1. The van der Waals surface area contributed by atoms with Gasteiger partial charge in [0.25, 0.3) is 0 Å². The van der Waals surface area contributed by atoms with E-state index in [4.69, 9.17) is 26.3 Å². The number of nitrogens with zero attached hydrogens (tertiary/aromatic N) is 6. The maximum atomic E-state index is 6.89. The van der Waals surface area contributed by atoms with Crippen LogP contribution < -0.4 is 15.6 Å². The molecule has 1 unspecified atom stereocenters. The van der Waals surface area contributed by atoms with Gasteiger partial charge in [0.2, 0.25) is 0 Å². The molecule has 2 aromatic heterocycles. The lowest BCUT2D eigenvalue weighted by Crippen LogP contribution is -2.40. The zero-order valence-electron chi connectivity index (χ0n) is 21.6. The number of ether oxygens (including phenoxy) is 1. The SMILES string of the molecule is CC1N=c2ccc(-c3cn(COCCS(C)(C)C)c4nc(N5[C@@H]6CCC[C@H]5CC6)cnc34)c(Cl)c2=N1. The van der Waals surface area contributed by atoms with E-state index in [1.54, 1.807) is 0 Å². The molecule has 5 heterocycles. The summed E-state index contributed by atoms with van der Waals surface area (Å²) in [5.74, 6) is 2.06. The van der Waals surface area contributed by atoms with E-state index in [2.05, 4.69) is 44.4 Å². The highest BCUT2D eigenvalue weighted by atomic mass is 35.5. The molecular weight excluding hydrogens is 492 g/mol. The predicted octanol–water partition coefficient (Wildman–Crippen LogP) is 4.54. The fourth-order valence-electron chi connectivity index (χ4n) is 5.83. The molecule has 2 bridgehead atoms. The number of hydrogen-bond acceptors (Lipinski definition) is 6. The normalized spacial score (nSPS) is 23.6. The van der Waals surface area contributed by atoms with Crippen molar-refractivity contribution in [1.82, 2.24) is 14.5 Å². The summed E-state index contributed by atoms with van der Waals surface area (Å²) >= 11 is 6.89. The van der Waals surface area contributed by atoms with Crippen LogP contribution in [0.4, 0.5) is 5.82 Å². The van der Waals surface area contributed by atoms with E-state index in [9.17, 15) is 0 Å². The fourth-order valence-corrected chi connectivity index (χ4v) is 6.76. The number of piperidine rings is 1. The smallest absolute Gasteiger partial charge is 0.163 e. The van der Waals surface area contributed by atoms with Gasteiger partial charge in [0.05, 0.1) is 23.2 Å². The van der Waals surface area contributed by atoms with Crippen LogP contribution in [-0.2, 0) is 11.5 Å². The van der Waals surface area contributed by atoms with E-state index in [0.29, 0.717) is 23.8 Å². The summed E-state index contributed by atoms with van der Waals surface area (Å²) in [6.07, 6.45) is 17.2. The summed E-state index contributed by atoms with van der Waals surface area (Å²) in [4.78, 5) is 21.9. The third-order valence-electron chi connectivity index (χ3n) is 7.61. The summed E-state index contributed by atoms with van der Waals surface area (Å²) in [6.45, 7) is 3.14. The topological polar surface area (TPSA) is 67.9 Å². The van der Waals surface area contributed by atoms with Gasteiger partial charge in [-0.15, -0.1) is 0 Å². The first-order chi connectivity index (χ1) is 17.3. The first-order valence-electron chi connectivity index (χ1n) is 12.9. The highest BCUT2D eigenvalue weighted by Crippen LogP contribution is 2.40. The van der Waals surface area contributed by atoms with Crippen LogP contribution in [0.15, 0.2) is 34.5 Å². The summed E-state index contributed by atoms with van der Waals surface area (Å²) in [5, 5.41) is 2.24. The number of halogens is 1. The van der Waals surface area contributed by atoms with Crippen molar-refractivity contribution in [3.05, 3.63) is 40.3 Å². The van der Waals surface area contributed by atoms with Crippen LogP contribution in [0.1, 0.15) is 39.0 Å². The second-order valence-corrected chi connectivity index (χ2v) is 16.1. The van der Waals surface area contributed by atoms with Gasteiger partial charge in [0, 0.05) is 35.2 Å². The molecule has 3 atom stereocenters. The van der Waals surface area contributed by atoms with Crippen molar-refractivity contribution in [1.29, 1.82) is 0 Å². The van der Waals surface area contributed by atoms with E-state index in [-0.39, 0.29) is 6.17 Å². The highest BCUT2D eigenvalue weighted by Gasteiger charge is 2.37. The lowest BCUT2D eigenvalue weighted by molar-refractivity contribution is 0.0924. The van der Waals surface area contributed by atoms with Crippen LogP contribution in [0.2, 0.25) is 5.02 Å². The molecule has 0 spiro atoms. The molecule has 2 fully saturated rings. The summed E-state index contributed by atoms with van der Waals surface area (Å²) in [5.41, 5.74) is 3.56. The molecular formula is C27H35ClN6OS. The zero-order chi connectivity index (χ0) is 25.0. The summed E-state index contributed by atoms with van der Waals surface area (Å²) < 4.78 is 8.24. The number of fused-ring (bicyclic) bond motifs is 4. The van der Waals surface area contributed by atoms with E-state index < -0.39 is 10.0 Å². The van der Waals surface area contributed by atoms with Gasteiger partial charge < -0.3 is 14.2 Å². The van der Waals surface area contributed by atoms with Crippen molar-refractivity contribution < 1.29 is 4.74 Å². The minimum atomic E-state index is -0.607. The molecule has 0 N–H and O–H groups in total. The molecule has 36 heavy (non-hydrogen) atoms. The third-order valence-corrected chi connectivity index (χ3v) is 9.38. The maximum absolute atomic E-state index is 6.89. The minimum Gasteiger partial charge on any atom is -0.360 e. The Morgan fingerprint density at radius 3 is 2.58 bits per heavy atom. The predicted molar refractivity (Wildman–Crippen MR) is 149 cm³/mol. The number of aromatic nitrogens is 3. The van der Waals surface area contributed by atoms with Crippen molar-refractivity contribution in [3.8, 4) is 11.1 Å². The molecule has 0 aliphatic carbocycles. The molecule has 9 heteroatoms. The van der Waals surface area contributed by atoms with Gasteiger partial charge in [0.1, 0.15) is 29.6 Å². The molecule has 0 saturated carbocycles. The van der Waals surface area contributed by atoms with Gasteiger partial charge in [-0.1, -0.05) is 17.7 Å². The molecule has 0 amide bonds. The monoisotopic (exact) mass is 526 g/mol. The Bertz CT molecular complexity index is 1410. The van der Waals surface area contributed by atoms with Crippen LogP contribution in [0.3, 0.4) is 0 Å². The Labute approximate surface area is 219 Å². The van der Waals surface area contributed by atoms with Crippen molar-refractivity contribution in [2.24, 2.45) is 9.98 Å². The third kappa shape index (κ3) is 4.41. The molecule has 3 aromatic rings. The number of hydrogen-bond donors (Lipinski definition) is 0. The largest absolute Gasteiger partial charge is 0.360 e. The fraction of sp³-hybridized carbons (Fsp3) is 0.556. The van der Waals surface area contributed by atoms with E-state index in [0.717, 1.165) is 51.2 Å². The van der Waals surface area contributed by atoms with Crippen molar-refractivity contribution >= 4 is 38.6 Å². The Balaban J connectivity index is 1.42. The lowest BCUT2D eigenvalue weighted by Gasteiger charge is -2.35. The highest BCUT2D eigenvalue weighted by molar-refractivity contribution is 8.32. The molecule has 3 aliphatic rings. The van der Waals surface area contributed by atoms with Crippen molar-refractivity contribution in [2.75, 3.05) is 36.0 Å². The minimum absolute atomic E-state index is 0.102. The summed E-state index contributed by atoms with van der Waals surface area (Å²) in [6, 6.07) is 5.20. The van der Waals surface area contributed by atoms with E-state index in [1.165, 1.54) is 32.1 Å². The first kappa shape index (κ1) is 24.2. The van der Waals surface area contributed by atoms with E-state index in [1.807, 2.05) is 25.3 Å². The Hall–Kier alpha value is -2.16. The van der Waals surface area contributed by atoms with Gasteiger partial charge in [-0.25, -0.2) is 20.0 Å². The average Bonchev–Trinajstić information content (AvgIpc) is 3.47. The van der Waals surface area contributed by atoms with Crippen molar-refractivity contribution in [3.63, 3.8) is 0 Å². The Kier molecular flexibility index (Phi) is 6.25. The number of rotatable bonds is 7. The second-order valence-electron chi connectivity index (χ2n) is 11.2. The molecule has 3 aliphatic heterocycles. The Morgan fingerprint density at radius 1 is 1.06 bits per heavy atom. The summed E-state index contributed by atoms with van der Waals surface area (Å²) in [7, 11) is -0.607. The van der Waals surface area contributed by atoms with Crippen LogP contribution >= 0.6 is 21.6 Å². The van der Waals surface area contributed by atoms with Gasteiger partial charge in [-0.3, -0.25) is 9.98 Å². The molecule has 0 radical (unpaired) electrons. The molecule has 1 aromatic carbocycles. The van der Waals surface area contributed by atoms with Crippen LogP contribution in [0, 0.1) is 0 Å². The van der Waals surface area contributed by atoms with E-state index >= 15 is 0 Å². The standard InChI is InChI=1S/C27H35ClN6OS/c1-17-30-22-11-10-20(24(28)26(22)31-17)21-15-33(16-35-12-13-36(2,3)4)27-25(21)29-14-23(32-27)34-18-6-5-7-19(34)9-8-18/h10-11,14-15,17-19H,5-9,12-13,16H2,1-4H3/t17?,18-,19+. The Morgan fingerprint density at radius 2 is 1.83 bits per heavy atom. The van der Waals surface area contributed by atoms with Gasteiger partial charge >= 0.3 is 0 Å². The van der Waals surface area contributed by atoms with Crippen LogP contribution in [-0.4, -0.2) is 63.9 Å². The number of benzene rings is 1. The average molecular weight is 527 g/mol. The second kappa shape index (κ2) is 9.30.